The van der Waals surface area contributed by atoms with Gasteiger partial charge in [-0.2, -0.15) is 0 Å². The third kappa shape index (κ3) is 9.88. The predicted molar refractivity (Wildman–Crippen MR) is 50.2 cm³/mol. The summed E-state index contributed by atoms with van der Waals surface area (Å²) < 4.78 is 10.5. The van der Waals surface area contributed by atoms with Crippen LogP contribution in [0.25, 0.3) is 0 Å². The zero-order chi connectivity index (χ0) is 9.45. The van der Waals surface area contributed by atoms with E-state index in [1.165, 1.54) is 0 Å². The van der Waals surface area contributed by atoms with Gasteiger partial charge in [0.1, 0.15) is 0 Å². The van der Waals surface area contributed by atoms with Crippen LogP contribution in [0.15, 0.2) is 0 Å². The van der Waals surface area contributed by atoms with Gasteiger partial charge in [-0.05, 0) is 20.3 Å². The number of rotatable bonds is 7. The summed E-state index contributed by atoms with van der Waals surface area (Å²) >= 11 is 0. The van der Waals surface area contributed by atoms with Gasteiger partial charge >= 0.3 is 0 Å². The molecular weight excluding hydrogens is 154 g/mol. The van der Waals surface area contributed by atoms with E-state index >= 15 is 0 Å². The zero-order valence-corrected chi connectivity index (χ0v) is 8.43. The molecule has 0 aliphatic carbocycles. The maximum absolute atomic E-state index is 5.71. The lowest BCUT2D eigenvalue weighted by atomic mass is 10.1. The molecule has 0 aromatic rings. The van der Waals surface area contributed by atoms with E-state index in [9.17, 15) is 0 Å². The first kappa shape index (κ1) is 11.9. The minimum Gasteiger partial charge on any atom is -0.379 e. The third-order valence-corrected chi connectivity index (χ3v) is 1.19. The standard InChI is InChI=1S/C9H21NO2/c1-4-5-11-6-7-12-8-9(2,3)10/h4-8,10H2,1-3H3. The molecule has 0 fully saturated rings. The zero-order valence-electron chi connectivity index (χ0n) is 8.43. The maximum atomic E-state index is 5.71. The Hall–Kier alpha value is -0.120. The lowest BCUT2D eigenvalue weighted by Gasteiger charge is -2.17. The van der Waals surface area contributed by atoms with E-state index in [2.05, 4.69) is 6.92 Å². The molecule has 0 aromatic carbocycles. The van der Waals surface area contributed by atoms with Gasteiger partial charge in [-0.25, -0.2) is 0 Å². The third-order valence-electron chi connectivity index (χ3n) is 1.19. The summed E-state index contributed by atoms with van der Waals surface area (Å²) in [7, 11) is 0. The molecule has 0 radical (unpaired) electrons. The van der Waals surface area contributed by atoms with Gasteiger partial charge < -0.3 is 15.2 Å². The fraction of sp³-hybridized carbons (Fsp3) is 1.00. The summed E-state index contributed by atoms with van der Waals surface area (Å²) in [6.45, 7) is 8.69. The largest absolute Gasteiger partial charge is 0.379 e. The summed E-state index contributed by atoms with van der Waals surface area (Å²) in [5.74, 6) is 0. The van der Waals surface area contributed by atoms with E-state index in [4.69, 9.17) is 15.2 Å². The Bertz CT molecular complexity index is 99.2. The molecule has 0 bridgehead atoms. The normalized spacial score (nSPS) is 12.0. The Kier molecular flexibility index (Phi) is 6.34. The first-order valence-electron chi connectivity index (χ1n) is 4.50. The fourth-order valence-electron chi connectivity index (χ4n) is 0.699. The molecule has 0 aromatic heterocycles. The van der Waals surface area contributed by atoms with Crippen LogP contribution in [0.1, 0.15) is 27.2 Å². The van der Waals surface area contributed by atoms with Gasteiger partial charge in [0.15, 0.2) is 0 Å². The van der Waals surface area contributed by atoms with Gasteiger partial charge in [0.2, 0.25) is 0 Å². The van der Waals surface area contributed by atoms with E-state index in [0.29, 0.717) is 19.8 Å². The van der Waals surface area contributed by atoms with Crippen LogP contribution in [0.5, 0.6) is 0 Å². The highest BCUT2D eigenvalue weighted by molar-refractivity contribution is 4.69. The molecule has 3 nitrogen and oxygen atoms in total. The summed E-state index contributed by atoms with van der Waals surface area (Å²) in [5, 5.41) is 0. The molecule has 12 heavy (non-hydrogen) atoms. The van der Waals surface area contributed by atoms with E-state index in [1.54, 1.807) is 0 Å². The van der Waals surface area contributed by atoms with E-state index in [1.807, 2.05) is 13.8 Å². The number of ether oxygens (including phenoxy) is 2. The van der Waals surface area contributed by atoms with Gasteiger partial charge in [-0.1, -0.05) is 6.92 Å². The van der Waals surface area contributed by atoms with Gasteiger partial charge in [-0.3, -0.25) is 0 Å². The van der Waals surface area contributed by atoms with Crippen molar-refractivity contribution >= 4 is 0 Å². The average molecular weight is 175 g/mol. The summed E-state index contributed by atoms with van der Waals surface area (Å²) in [5.41, 5.74) is 5.48. The van der Waals surface area contributed by atoms with Crippen molar-refractivity contribution in [1.82, 2.24) is 0 Å². The SMILES string of the molecule is CCCOCCOCC(C)(C)N. The van der Waals surface area contributed by atoms with E-state index in [0.717, 1.165) is 13.0 Å². The summed E-state index contributed by atoms with van der Waals surface area (Å²) in [4.78, 5) is 0. The predicted octanol–water partition coefficient (Wildman–Crippen LogP) is 1.17. The molecule has 0 spiro atoms. The Morgan fingerprint density at radius 1 is 1.08 bits per heavy atom. The van der Waals surface area contributed by atoms with Crippen LogP contribution in [0.3, 0.4) is 0 Å². The summed E-state index contributed by atoms with van der Waals surface area (Å²) in [6.07, 6.45) is 1.06. The molecule has 0 saturated heterocycles. The van der Waals surface area contributed by atoms with Crippen molar-refractivity contribution in [2.24, 2.45) is 5.73 Å². The van der Waals surface area contributed by atoms with Crippen LogP contribution in [-0.2, 0) is 9.47 Å². The monoisotopic (exact) mass is 175 g/mol. The first-order valence-corrected chi connectivity index (χ1v) is 4.50. The lowest BCUT2D eigenvalue weighted by Crippen LogP contribution is -2.37. The van der Waals surface area contributed by atoms with Crippen LogP contribution in [0, 0.1) is 0 Å². The second-order valence-electron chi connectivity index (χ2n) is 3.65. The second kappa shape index (κ2) is 6.40. The Morgan fingerprint density at radius 3 is 2.17 bits per heavy atom. The quantitative estimate of drug-likeness (QED) is 0.591. The lowest BCUT2D eigenvalue weighted by molar-refractivity contribution is 0.0328. The van der Waals surface area contributed by atoms with Gasteiger partial charge in [0, 0.05) is 12.1 Å². The first-order chi connectivity index (χ1) is 5.56. The van der Waals surface area contributed by atoms with Crippen molar-refractivity contribution in [2.75, 3.05) is 26.4 Å². The number of hydrogen-bond acceptors (Lipinski definition) is 3. The molecule has 0 atom stereocenters. The highest BCUT2D eigenvalue weighted by Gasteiger charge is 2.09. The molecule has 0 heterocycles. The van der Waals surface area contributed by atoms with Crippen LogP contribution in [0.2, 0.25) is 0 Å². The molecule has 3 heteroatoms. The Balaban J connectivity index is 3.01. The van der Waals surface area contributed by atoms with Crippen LogP contribution < -0.4 is 5.73 Å². The molecule has 74 valence electrons. The molecule has 0 aliphatic rings. The van der Waals surface area contributed by atoms with Gasteiger partial charge in [-0.15, -0.1) is 0 Å². The molecule has 0 unspecified atom stereocenters. The maximum Gasteiger partial charge on any atom is 0.0701 e. The van der Waals surface area contributed by atoms with Gasteiger partial charge in [0.05, 0.1) is 19.8 Å². The molecule has 2 N–H and O–H groups in total. The molecule has 0 aliphatic heterocycles. The van der Waals surface area contributed by atoms with Crippen LogP contribution >= 0.6 is 0 Å². The Morgan fingerprint density at radius 2 is 1.67 bits per heavy atom. The molecule has 0 rings (SSSR count). The summed E-state index contributed by atoms with van der Waals surface area (Å²) in [6, 6.07) is 0. The van der Waals surface area contributed by atoms with Crippen molar-refractivity contribution in [3.8, 4) is 0 Å². The van der Waals surface area contributed by atoms with Crippen molar-refractivity contribution < 1.29 is 9.47 Å². The van der Waals surface area contributed by atoms with E-state index < -0.39 is 0 Å². The van der Waals surface area contributed by atoms with Crippen LogP contribution in [-0.4, -0.2) is 32.0 Å². The van der Waals surface area contributed by atoms with Crippen molar-refractivity contribution in [1.29, 1.82) is 0 Å². The van der Waals surface area contributed by atoms with Crippen molar-refractivity contribution in [3.05, 3.63) is 0 Å². The second-order valence-corrected chi connectivity index (χ2v) is 3.65. The fourth-order valence-corrected chi connectivity index (χ4v) is 0.699. The van der Waals surface area contributed by atoms with Crippen molar-refractivity contribution in [3.63, 3.8) is 0 Å². The van der Waals surface area contributed by atoms with Crippen LogP contribution in [0.4, 0.5) is 0 Å². The smallest absolute Gasteiger partial charge is 0.0701 e. The van der Waals surface area contributed by atoms with Crippen molar-refractivity contribution in [2.45, 2.75) is 32.7 Å². The average Bonchev–Trinajstić information content (AvgIpc) is 1.94. The number of hydrogen-bond donors (Lipinski definition) is 1. The topological polar surface area (TPSA) is 44.5 Å². The molecule has 0 amide bonds. The number of nitrogens with two attached hydrogens (primary N) is 1. The minimum absolute atomic E-state index is 0.231. The van der Waals surface area contributed by atoms with E-state index in [-0.39, 0.29) is 5.54 Å². The minimum atomic E-state index is -0.231. The molecule has 0 saturated carbocycles. The van der Waals surface area contributed by atoms with Gasteiger partial charge in [0.25, 0.3) is 0 Å². The highest BCUT2D eigenvalue weighted by Crippen LogP contribution is 1.96. The molecular formula is C9H21NO2. The Labute approximate surface area is 75.2 Å². The highest BCUT2D eigenvalue weighted by atomic mass is 16.5.